The van der Waals surface area contributed by atoms with Gasteiger partial charge in [-0.05, 0) is 65.1 Å². The van der Waals surface area contributed by atoms with Crippen LogP contribution in [0, 0.1) is 17.8 Å². The van der Waals surface area contributed by atoms with Gasteiger partial charge in [-0.15, -0.1) is 0 Å². The Morgan fingerprint density at radius 1 is 1.03 bits per heavy atom. The Kier molecular flexibility index (Phi) is 8.05. The largest absolute Gasteiger partial charge is 0.390 e. The van der Waals surface area contributed by atoms with Crippen LogP contribution in [0.2, 0.25) is 0 Å². The molecular formula is C24H45N3O6. The third-order valence-electron chi connectivity index (χ3n) is 8.96. The van der Waals surface area contributed by atoms with Crippen molar-refractivity contribution in [2.24, 2.45) is 17.8 Å². The molecule has 1 aliphatic carbocycles. The fourth-order valence-corrected chi connectivity index (χ4v) is 6.98. The summed E-state index contributed by atoms with van der Waals surface area (Å²) >= 11 is 0. The van der Waals surface area contributed by atoms with Gasteiger partial charge in [0.15, 0.2) is 6.29 Å². The van der Waals surface area contributed by atoms with Gasteiger partial charge in [0.25, 0.3) is 0 Å². The highest BCUT2D eigenvalue weighted by molar-refractivity contribution is 5.16. The van der Waals surface area contributed by atoms with Gasteiger partial charge in [-0.25, -0.2) is 0 Å². The minimum Gasteiger partial charge on any atom is -0.390 e. The average Bonchev–Trinajstić information content (AvgIpc) is 2.80. The van der Waals surface area contributed by atoms with E-state index in [1.54, 1.807) is 0 Å². The van der Waals surface area contributed by atoms with Crippen LogP contribution in [0.3, 0.4) is 0 Å². The van der Waals surface area contributed by atoms with E-state index in [1.807, 2.05) is 27.9 Å². The van der Waals surface area contributed by atoms with Crippen LogP contribution in [-0.4, -0.2) is 104 Å². The van der Waals surface area contributed by atoms with Crippen molar-refractivity contribution in [3.05, 3.63) is 0 Å². The van der Waals surface area contributed by atoms with E-state index in [0.717, 1.165) is 39.0 Å². The molecule has 1 saturated carbocycles. The van der Waals surface area contributed by atoms with Crippen molar-refractivity contribution >= 4 is 0 Å². The maximum absolute atomic E-state index is 12.1. The van der Waals surface area contributed by atoms with Crippen molar-refractivity contribution in [1.29, 1.82) is 0 Å². The maximum atomic E-state index is 12.1. The summed E-state index contributed by atoms with van der Waals surface area (Å²) in [4.78, 5) is 0. The molecule has 9 heteroatoms. The number of nitrogens with one attached hydrogen (secondary N) is 3. The summed E-state index contributed by atoms with van der Waals surface area (Å²) in [7, 11) is 3.67. The molecule has 0 aromatic rings. The Balaban J connectivity index is 1.51. The van der Waals surface area contributed by atoms with Crippen molar-refractivity contribution < 1.29 is 29.5 Å². The quantitative estimate of drug-likeness (QED) is 0.275. The molecule has 10 atom stereocenters. The van der Waals surface area contributed by atoms with Crippen molar-refractivity contribution in [1.82, 2.24) is 16.0 Å². The van der Waals surface area contributed by atoms with Crippen LogP contribution in [0.1, 0.15) is 46.0 Å². The van der Waals surface area contributed by atoms with E-state index < -0.39 is 23.6 Å². The Morgan fingerprint density at radius 3 is 2.42 bits per heavy atom. The molecule has 0 aromatic heterocycles. The lowest BCUT2D eigenvalue weighted by atomic mass is 9.58. The molecule has 4 fully saturated rings. The predicted molar refractivity (Wildman–Crippen MR) is 124 cm³/mol. The molecule has 192 valence electrons. The molecule has 0 amide bonds. The molecule has 33 heavy (non-hydrogen) atoms. The highest BCUT2D eigenvalue weighted by Gasteiger charge is 2.68. The number of aliphatic hydroxyl groups is 3. The second kappa shape index (κ2) is 10.3. The molecule has 6 N–H and O–H groups in total. The highest BCUT2D eigenvalue weighted by atomic mass is 16.7. The lowest BCUT2D eigenvalue weighted by molar-refractivity contribution is -0.398. The van der Waals surface area contributed by atoms with E-state index in [2.05, 4.69) is 16.0 Å². The van der Waals surface area contributed by atoms with Crippen molar-refractivity contribution in [2.75, 3.05) is 40.4 Å². The zero-order chi connectivity index (χ0) is 23.8. The van der Waals surface area contributed by atoms with Gasteiger partial charge in [-0.3, -0.25) is 0 Å². The first kappa shape index (κ1) is 25.7. The number of aliphatic hydroxyl groups excluding tert-OH is 1. The molecule has 3 aliphatic heterocycles. The smallest absolute Gasteiger partial charge is 0.190 e. The van der Waals surface area contributed by atoms with Gasteiger partial charge in [0.2, 0.25) is 0 Å². The Hall–Kier alpha value is -0.360. The fourth-order valence-electron chi connectivity index (χ4n) is 6.98. The van der Waals surface area contributed by atoms with Gasteiger partial charge < -0.3 is 45.5 Å². The van der Waals surface area contributed by atoms with E-state index in [-0.39, 0.29) is 42.7 Å². The van der Waals surface area contributed by atoms with Crippen LogP contribution >= 0.6 is 0 Å². The third kappa shape index (κ3) is 4.61. The minimum atomic E-state index is -1.59. The first-order valence-electron chi connectivity index (χ1n) is 12.8. The zero-order valence-corrected chi connectivity index (χ0v) is 20.6. The van der Waals surface area contributed by atoms with Gasteiger partial charge in [-0.2, -0.15) is 0 Å². The number of ether oxygens (including phenoxy) is 3. The van der Waals surface area contributed by atoms with E-state index in [9.17, 15) is 15.3 Å². The Bertz CT molecular complexity index is 652. The third-order valence-corrected chi connectivity index (χ3v) is 8.96. The molecule has 10 unspecified atom stereocenters. The van der Waals surface area contributed by atoms with Gasteiger partial charge >= 0.3 is 0 Å². The topological polar surface area (TPSA) is 124 Å². The van der Waals surface area contributed by atoms with Crippen molar-refractivity contribution in [3.63, 3.8) is 0 Å². The van der Waals surface area contributed by atoms with Crippen LogP contribution in [0.25, 0.3) is 0 Å². The number of rotatable bonds is 7. The summed E-state index contributed by atoms with van der Waals surface area (Å²) < 4.78 is 17.9. The molecular weight excluding hydrogens is 426 g/mol. The lowest BCUT2D eigenvalue weighted by Gasteiger charge is -2.63. The highest BCUT2D eigenvalue weighted by Crippen LogP contribution is 2.52. The van der Waals surface area contributed by atoms with Gasteiger partial charge in [0, 0.05) is 44.2 Å². The normalized spacial score (nSPS) is 48.8. The second-order valence-electron chi connectivity index (χ2n) is 10.8. The number of fused-ring (bicyclic) bond motifs is 2. The zero-order valence-electron chi connectivity index (χ0n) is 20.6. The lowest BCUT2D eigenvalue weighted by Crippen LogP contribution is -2.79. The molecule has 0 bridgehead atoms. The maximum Gasteiger partial charge on any atom is 0.190 e. The van der Waals surface area contributed by atoms with Crippen LogP contribution < -0.4 is 16.0 Å². The van der Waals surface area contributed by atoms with Crippen LogP contribution in [0.5, 0.6) is 0 Å². The standard InChI is InChI=1S/C24H45N3O6/c1-14-12-23(29,13-27-8-5-16-6-9-31-10-7-16)24(30)15(2)19-18(33-22(24)32-14)11-17(25-3)21(28)20(19)26-4/h14-22,25-30H,5-13H2,1-4H3. The molecule has 9 nitrogen and oxygen atoms in total. The predicted octanol–water partition coefficient (Wildman–Crippen LogP) is -0.418. The molecule has 4 rings (SSSR count). The Labute approximate surface area is 197 Å². The summed E-state index contributed by atoms with van der Waals surface area (Å²) in [6, 6.07) is -0.389. The SMILES string of the molecule is CNC1CC2OC3OC(C)CC(O)(CNCCC4CCOCC4)C3(O)C(C)C2C(NC)C1O. The summed E-state index contributed by atoms with van der Waals surface area (Å²) in [5.41, 5.74) is -2.99. The molecule has 0 spiro atoms. The van der Waals surface area contributed by atoms with Crippen molar-refractivity contribution in [2.45, 2.75) is 93.8 Å². The summed E-state index contributed by atoms with van der Waals surface area (Å²) in [6.45, 7) is 6.60. The van der Waals surface area contributed by atoms with Crippen molar-refractivity contribution in [3.8, 4) is 0 Å². The van der Waals surface area contributed by atoms with E-state index >= 15 is 0 Å². The number of hydrogen-bond acceptors (Lipinski definition) is 9. The number of hydrogen-bond donors (Lipinski definition) is 6. The Morgan fingerprint density at radius 2 is 1.76 bits per heavy atom. The van der Waals surface area contributed by atoms with E-state index in [0.29, 0.717) is 18.8 Å². The van der Waals surface area contributed by atoms with E-state index in [1.165, 1.54) is 0 Å². The summed E-state index contributed by atoms with van der Waals surface area (Å²) in [6.07, 6.45) is 2.17. The van der Waals surface area contributed by atoms with Crippen LogP contribution in [-0.2, 0) is 14.2 Å². The van der Waals surface area contributed by atoms with Crippen LogP contribution in [0.4, 0.5) is 0 Å². The molecule has 0 radical (unpaired) electrons. The fraction of sp³-hybridized carbons (Fsp3) is 1.00. The first-order chi connectivity index (χ1) is 15.7. The molecule has 3 saturated heterocycles. The monoisotopic (exact) mass is 471 g/mol. The van der Waals surface area contributed by atoms with Gasteiger partial charge in [0.05, 0.1) is 18.3 Å². The minimum absolute atomic E-state index is 0.117. The van der Waals surface area contributed by atoms with Crippen LogP contribution in [0.15, 0.2) is 0 Å². The van der Waals surface area contributed by atoms with E-state index in [4.69, 9.17) is 14.2 Å². The average molecular weight is 472 g/mol. The first-order valence-corrected chi connectivity index (χ1v) is 12.8. The summed E-state index contributed by atoms with van der Waals surface area (Å²) in [5, 5.41) is 44.9. The van der Waals surface area contributed by atoms with Gasteiger partial charge in [-0.1, -0.05) is 6.92 Å². The van der Waals surface area contributed by atoms with Gasteiger partial charge in [0.1, 0.15) is 11.2 Å². The molecule has 4 aliphatic rings. The molecule has 3 heterocycles. The second-order valence-corrected chi connectivity index (χ2v) is 10.8. The summed E-state index contributed by atoms with van der Waals surface area (Å²) in [5.74, 6) is 0.130. The molecule has 0 aromatic carbocycles. The number of likely N-dealkylation sites (N-methyl/N-ethyl adjacent to an activating group) is 2.